The number of fused-ring (bicyclic) bond motifs is 1. The summed E-state index contributed by atoms with van der Waals surface area (Å²) >= 11 is 1.53. The third-order valence-electron chi connectivity index (χ3n) is 3.72. The Morgan fingerprint density at radius 2 is 2.36 bits per heavy atom. The highest BCUT2D eigenvalue weighted by molar-refractivity contribution is 7.16. The van der Waals surface area contributed by atoms with Crippen LogP contribution in [-0.2, 0) is 21.3 Å². The highest BCUT2D eigenvalue weighted by atomic mass is 32.1. The van der Waals surface area contributed by atoms with Gasteiger partial charge in [0, 0.05) is 13.7 Å². The van der Waals surface area contributed by atoms with Crippen molar-refractivity contribution in [3.63, 3.8) is 0 Å². The van der Waals surface area contributed by atoms with Crippen molar-refractivity contribution >= 4 is 27.5 Å². The van der Waals surface area contributed by atoms with Crippen LogP contribution in [0.3, 0.4) is 0 Å². The Morgan fingerprint density at radius 3 is 3.14 bits per heavy atom. The number of thiazole rings is 1. The van der Waals surface area contributed by atoms with Crippen molar-refractivity contribution in [1.29, 1.82) is 0 Å². The first-order valence-corrected chi connectivity index (χ1v) is 8.37. The van der Waals surface area contributed by atoms with Gasteiger partial charge in [0.1, 0.15) is 0 Å². The quantitative estimate of drug-likeness (QED) is 0.794. The summed E-state index contributed by atoms with van der Waals surface area (Å²) in [4.78, 5) is 16.9. The van der Waals surface area contributed by atoms with Crippen LogP contribution in [0.4, 0.5) is 0 Å². The lowest BCUT2D eigenvalue weighted by molar-refractivity contribution is -0.119. The second-order valence-corrected chi connectivity index (χ2v) is 6.39. The van der Waals surface area contributed by atoms with Gasteiger partial charge in [-0.2, -0.15) is 4.99 Å². The Kier molecular flexibility index (Phi) is 5.02. The number of carbonyl (C=O) groups excluding carboxylic acids is 1. The van der Waals surface area contributed by atoms with Crippen LogP contribution in [-0.4, -0.2) is 36.4 Å². The number of rotatable bonds is 5. The summed E-state index contributed by atoms with van der Waals surface area (Å²) in [7, 11) is 1.93. The normalized spacial score (nSPS) is 19.1. The Balaban J connectivity index is 1.56. The summed E-state index contributed by atoms with van der Waals surface area (Å²) < 4.78 is 14.1. The number of benzene rings is 1. The fourth-order valence-corrected chi connectivity index (χ4v) is 3.54. The molecule has 3 rings (SSSR count). The molecule has 1 fully saturated rings. The smallest absolute Gasteiger partial charge is 0.250 e. The molecular weight excluding hydrogens is 300 g/mol. The van der Waals surface area contributed by atoms with Crippen LogP contribution in [0.5, 0.6) is 0 Å². The molecule has 1 unspecified atom stereocenters. The van der Waals surface area contributed by atoms with Gasteiger partial charge in [0.2, 0.25) is 0 Å². The van der Waals surface area contributed by atoms with Crippen molar-refractivity contribution in [3.8, 4) is 0 Å². The van der Waals surface area contributed by atoms with E-state index in [9.17, 15) is 4.79 Å². The van der Waals surface area contributed by atoms with Crippen molar-refractivity contribution in [2.24, 2.45) is 12.0 Å². The van der Waals surface area contributed by atoms with E-state index in [2.05, 4.69) is 4.99 Å². The summed E-state index contributed by atoms with van der Waals surface area (Å²) in [6.07, 6.45) is 2.66. The fourth-order valence-electron chi connectivity index (χ4n) is 2.50. The maximum atomic E-state index is 12.0. The molecule has 0 bridgehead atoms. The van der Waals surface area contributed by atoms with E-state index in [1.807, 2.05) is 35.9 Å². The van der Waals surface area contributed by atoms with Crippen LogP contribution in [0.2, 0.25) is 0 Å². The van der Waals surface area contributed by atoms with E-state index in [1.54, 1.807) is 0 Å². The molecule has 0 radical (unpaired) electrons. The predicted molar refractivity (Wildman–Crippen MR) is 85.8 cm³/mol. The Hall–Kier alpha value is -1.50. The highest BCUT2D eigenvalue weighted by Gasteiger charge is 2.15. The van der Waals surface area contributed by atoms with Gasteiger partial charge in [0.15, 0.2) is 4.80 Å². The zero-order chi connectivity index (χ0) is 15.4. The third kappa shape index (κ3) is 3.63. The number of aryl methyl sites for hydroxylation is 1. The molecule has 22 heavy (non-hydrogen) atoms. The molecule has 0 aliphatic carbocycles. The Bertz CT molecular complexity index is 713. The number of hydrogen-bond donors (Lipinski definition) is 0. The molecule has 118 valence electrons. The molecule has 1 amide bonds. The summed E-state index contributed by atoms with van der Waals surface area (Å²) in [5, 5.41) is 0. The third-order valence-corrected chi connectivity index (χ3v) is 4.84. The van der Waals surface area contributed by atoms with Gasteiger partial charge in [0.25, 0.3) is 5.91 Å². The number of amides is 1. The first-order valence-electron chi connectivity index (χ1n) is 7.55. The molecule has 6 heteroatoms. The molecule has 0 spiro atoms. The van der Waals surface area contributed by atoms with Gasteiger partial charge < -0.3 is 14.0 Å². The van der Waals surface area contributed by atoms with E-state index < -0.39 is 0 Å². The van der Waals surface area contributed by atoms with Gasteiger partial charge in [-0.25, -0.2) is 0 Å². The van der Waals surface area contributed by atoms with Crippen molar-refractivity contribution in [1.82, 2.24) is 4.57 Å². The molecule has 5 nitrogen and oxygen atoms in total. The van der Waals surface area contributed by atoms with E-state index in [-0.39, 0.29) is 12.0 Å². The van der Waals surface area contributed by atoms with Crippen LogP contribution in [0.1, 0.15) is 19.3 Å². The summed E-state index contributed by atoms with van der Waals surface area (Å²) in [5.74, 6) is -0.144. The van der Waals surface area contributed by atoms with Gasteiger partial charge in [-0.3, -0.25) is 4.79 Å². The van der Waals surface area contributed by atoms with Crippen molar-refractivity contribution < 1.29 is 14.3 Å². The Morgan fingerprint density at radius 1 is 1.50 bits per heavy atom. The predicted octanol–water partition coefficient (Wildman–Crippen LogP) is 2.25. The van der Waals surface area contributed by atoms with Gasteiger partial charge in [0.05, 0.1) is 36.0 Å². The minimum Gasteiger partial charge on any atom is -0.378 e. The van der Waals surface area contributed by atoms with Crippen molar-refractivity contribution in [3.05, 3.63) is 29.1 Å². The highest BCUT2D eigenvalue weighted by Crippen LogP contribution is 2.15. The largest absolute Gasteiger partial charge is 0.378 e. The molecule has 1 aliphatic rings. The molecule has 1 aliphatic heterocycles. The molecule has 2 heterocycles. The molecule has 1 aromatic carbocycles. The van der Waals surface area contributed by atoms with E-state index in [1.165, 1.54) is 11.3 Å². The topological polar surface area (TPSA) is 52.8 Å². The lowest BCUT2D eigenvalue weighted by atomic mass is 10.2. The van der Waals surface area contributed by atoms with E-state index in [4.69, 9.17) is 9.47 Å². The lowest BCUT2D eigenvalue weighted by Gasteiger charge is -2.08. The number of aromatic nitrogens is 1. The summed E-state index contributed by atoms with van der Waals surface area (Å²) in [5.41, 5.74) is 1.09. The Labute approximate surface area is 133 Å². The van der Waals surface area contributed by atoms with Crippen LogP contribution in [0, 0.1) is 0 Å². The average molecular weight is 320 g/mol. The van der Waals surface area contributed by atoms with Crippen LogP contribution in [0.25, 0.3) is 10.2 Å². The van der Waals surface area contributed by atoms with Gasteiger partial charge in [-0.15, -0.1) is 0 Å². The number of ether oxygens (including phenoxy) is 2. The molecule has 0 saturated carbocycles. The lowest BCUT2D eigenvalue weighted by Crippen LogP contribution is -2.17. The van der Waals surface area contributed by atoms with E-state index >= 15 is 0 Å². The number of nitrogens with zero attached hydrogens (tertiary/aromatic N) is 2. The molecular formula is C16H20N2O3S. The number of hydrogen-bond acceptors (Lipinski definition) is 4. The fraction of sp³-hybridized carbons (Fsp3) is 0.500. The zero-order valence-electron chi connectivity index (χ0n) is 12.7. The zero-order valence-corrected chi connectivity index (χ0v) is 13.5. The van der Waals surface area contributed by atoms with Crippen molar-refractivity contribution in [2.45, 2.75) is 25.4 Å². The molecule has 1 aromatic heterocycles. The average Bonchev–Trinajstić information content (AvgIpc) is 3.13. The van der Waals surface area contributed by atoms with Crippen LogP contribution in [0.15, 0.2) is 29.3 Å². The second-order valence-electron chi connectivity index (χ2n) is 5.38. The van der Waals surface area contributed by atoms with E-state index in [0.29, 0.717) is 19.6 Å². The van der Waals surface area contributed by atoms with Gasteiger partial charge in [-0.05, 0) is 25.0 Å². The first-order chi connectivity index (χ1) is 10.7. The molecule has 1 saturated heterocycles. The first kappa shape index (κ1) is 15.4. The monoisotopic (exact) mass is 320 g/mol. The second kappa shape index (κ2) is 7.17. The van der Waals surface area contributed by atoms with Crippen LogP contribution >= 0.6 is 11.3 Å². The summed E-state index contributed by atoms with van der Waals surface area (Å²) in [6.45, 7) is 1.80. The standard InChI is InChI=1S/C16H20N2O3S/c1-18-13-6-2-3-7-14(13)22-16(18)17-15(19)8-10-20-11-12-5-4-9-21-12/h2-3,6-7,12H,4-5,8-11H2,1H3. The molecule has 1 atom stereocenters. The SMILES string of the molecule is Cn1c(=NC(=O)CCOCC2CCCO2)sc2ccccc21. The summed E-state index contributed by atoms with van der Waals surface area (Å²) in [6, 6.07) is 8.04. The van der Waals surface area contributed by atoms with Crippen LogP contribution < -0.4 is 4.80 Å². The maximum Gasteiger partial charge on any atom is 0.250 e. The number of carbonyl (C=O) groups is 1. The van der Waals surface area contributed by atoms with Gasteiger partial charge in [-0.1, -0.05) is 23.5 Å². The number of para-hydroxylation sites is 1. The molecule has 0 N–H and O–H groups in total. The minimum atomic E-state index is -0.144. The van der Waals surface area contributed by atoms with Crippen molar-refractivity contribution in [2.75, 3.05) is 19.8 Å². The molecule has 2 aromatic rings. The minimum absolute atomic E-state index is 0.144. The maximum absolute atomic E-state index is 12.0. The van der Waals surface area contributed by atoms with E-state index in [0.717, 1.165) is 34.5 Å². The van der Waals surface area contributed by atoms with Gasteiger partial charge >= 0.3 is 0 Å².